The van der Waals surface area contributed by atoms with Gasteiger partial charge in [-0.05, 0) is 45.2 Å². The fourth-order valence-electron chi connectivity index (χ4n) is 3.51. The standard InChI is InChI=1S/C27H39N3O4S/c1-6-7-8-9-10-14-17-28-26(33)30-24-21(25(32)34-27(3,4)5)19(2)22(35-24)23(31)29-18-20-15-12-11-13-16-20/h11-13,15-16H,6-10,14,17-18H2,1-5H3,(H,29,31)(H2,28,30,33). The van der Waals surface area contributed by atoms with E-state index in [1.807, 2.05) is 30.3 Å². The van der Waals surface area contributed by atoms with Crippen molar-refractivity contribution >= 4 is 34.2 Å². The monoisotopic (exact) mass is 501 g/mol. The molecule has 35 heavy (non-hydrogen) atoms. The summed E-state index contributed by atoms with van der Waals surface area (Å²) in [5.41, 5.74) is 0.957. The van der Waals surface area contributed by atoms with Crippen LogP contribution in [0, 0.1) is 6.92 Å². The fourth-order valence-corrected chi connectivity index (χ4v) is 4.61. The van der Waals surface area contributed by atoms with Crippen LogP contribution in [-0.2, 0) is 11.3 Å². The molecule has 0 unspecified atom stereocenters. The van der Waals surface area contributed by atoms with Crippen LogP contribution in [0.1, 0.15) is 97.4 Å². The van der Waals surface area contributed by atoms with Gasteiger partial charge in [-0.15, -0.1) is 11.3 Å². The van der Waals surface area contributed by atoms with Crippen molar-refractivity contribution in [1.82, 2.24) is 10.6 Å². The van der Waals surface area contributed by atoms with Gasteiger partial charge in [-0.3, -0.25) is 10.1 Å². The number of carbonyl (C=O) groups excluding carboxylic acids is 3. The van der Waals surface area contributed by atoms with Gasteiger partial charge in [0.15, 0.2) is 0 Å². The first-order valence-electron chi connectivity index (χ1n) is 12.4. The number of esters is 1. The van der Waals surface area contributed by atoms with E-state index in [-0.39, 0.29) is 11.5 Å². The Morgan fingerprint density at radius 3 is 2.26 bits per heavy atom. The van der Waals surface area contributed by atoms with Gasteiger partial charge >= 0.3 is 12.0 Å². The second kappa shape index (κ2) is 13.9. The molecule has 1 aromatic heterocycles. The smallest absolute Gasteiger partial charge is 0.341 e. The van der Waals surface area contributed by atoms with Crippen molar-refractivity contribution in [3.8, 4) is 0 Å². The van der Waals surface area contributed by atoms with E-state index in [1.165, 1.54) is 19.3 Å². The van der Waals surface area contributed by atoms with Gasteiger partial charge in [0.1, 0.15) is 10.6 Å². The number of benzene rings is 1. The van der Waals surface area contributed by atoms with Gasteiger partial charge in [-0.1, -0.05) is 69.4 Å². The molecule has 3 amide bonds. The van der Waals surface area contributed by atoms with E-state index in [0.29, 0.717) is 28.5 Å². The van der Waals surface area contributed by atoms with Crippen LogP contribution in [0.15, 0.2) is 30.3 Å². The summed E-state index contributed by atoms with van der Waals surface area (Å²) in [4.78, 5) is 38.8. The van der Waals surface area contributed by atoms with E-state index >= 15 is 0 Å². The van der Waals surface area contributed by atoms with Crippen molar-refractivity contribution in [3.63, 3.8) is 0 Å². The number of anilines is 1. The molecule has 0 aliphatic carbocycles. The number of amides is 3. The lowest BCUT2D eigenvalue weighted by Crippen LogP contribution is -2.30. The Hall–Kier alpha value is -2.87. The molecule has 0 atom stereocenters. The van der Waals surface area contributed by atoms with Gasteiger partial charge in [0.2, 0.25) is 0 Å². The van der Waals surface area contributed by atoms with Crippen LogP contribution < -0.4 is 16.0 Å². The lowest BCUT2D eigenvalue weighted by Gasteiger charge is -2.20. The molecule has 7 nitrogen and oxygen atoms in total. The van der Waals surface area contributed by atoms with Gasteiger partial charge in [0.25, 0.3) is 5.91 Å². The Balaban J connectivity index is 2.10. The Morgan fingerprint density at radius 1 is 0.943 bits per heavy atom. The van der Waals surface area contributed by atoms with Gasteiger partial charge in [-0.2, -0.15) is 0 Å². The SMILES string of the molecule is CCCCCCCCNC(=O)Nc1sc(C(=O)NCc2ccccc2)c(C)c1C(=O)OC(C)(C)C. The highest BCUT2D eigenvalue weighted by Gasteiger charge is 2.29. The van der Waals surface area contributed by atoms with Crippen LogP contribution in [0.25, 0.3) is 0 Å². The average Bonchev–Trinajstić information content (AvgIpc) is 3.12. The molecule has 1 aromatic carbocycles. The Kier molecular flexibility index (Phi) is 11.2. The Bertz CT molecular complexity index is 980. The maximum Gasteiger partial charge on any atom is 0.341 e. The molecule has 2 aromatic rings. The van der Waals surface area contributed by atoms with Gasteiger partial charge in [0.05, 0.1) is 10.4 Å². The number of rotatable bonds is 12. The first-order valence-corrected chi connectivity index (χ1v) is 13.2. The number of ether oxygens (including phenoxy) is 1. The number of carbonyl (C=O) groups is 3. The van der Waals surface area contributed by atoms with Gasteiger partial charge in [0, 0.05) is 13.1 Å². The zero-order valence-corrected chi connectivity index (χ0v) is 22.4. The number of thiophene rings is 1. The van der Waals surface area contributed by atoms with Crippen LogP contribution >= 0.6 is 11.3 Å². The molecule has 8 heteroatoms. The molecule has 0 saturated carbocycles. The third-order valence-corrected chi connectivity index (χ3v) is 6.50. The predicted octanol–water partition coefficient (Wildman–Crippen LogP) is 6.42. The van der Waals surface area contributed by atoms with E-state index in [2.05, 4.69) is 22.9 Å². The van der Waals surface area contributed by atoms with Crippen molar-refractivity contribution in [2.45, 2.75) is 85.3 Å². The lowest BCUT2D eigenvalue weighted by atomic mass is 10.1. The minimum Gasteiger partial charge on any atom is -0.456 e. The molecule has 2 rings (SSSR count). The lowest BCUT2D eigenvalue weighted by molar-refractivity contribution is 0.00705. The summed E-state index contributed by atoms with van der Waals surface area (Å²) in [5.74, 6) is -0.874. The van der Waals surface area contributed by atoms with Gasteiger partial charge < -0.3 is 15.4 Å². The first kappa shape index (κ1) is 28.4. The van der Waals surface area contributed by atoms with Crippen molar-refractivity contribution in [2.75, 3.05) is 11.9 Å². The molecule has 0 spiro atoms. The summed E-state index contributed by atoms with van der Waals surface area (Å²) < 4.78 is 5.56. The zero-order valence-electron chi connectivity index (χ0n) is 21.6. The summed E-state index contributed by atoms with van der Waals surface area (Å²) in [6.45, 7) is 10.1. The second-order valence-corrected chi connectivity index (χ2v) is 10.6. The second-order valence-electron chi connectivity index (χ2n) is 9.58. The molecular formula is C27H39N3O4S. The molecular weight excluding hydrogens is 462 g/mol. The zero-order chi connectivity index (χ0) is 25.8. The van der Waals surface area contributed by atoms with Crippen molar-refractivity contribution < 1.29 is 19.1 Å². The van der Waals surface area contributed by atoms with Crippen molar-refractivity contribution in [1.29, 1.82) is 0 Å². The summed E-state index contributed by atoms with van der Waals surface area (Å²) in [5, 5.41) is 8.81. The summed E-state index contributed by atoms with van der Waals surface area (Å²) in [6.07, 6.45) is 6.77. The van der Waals surface area contributed by atoms with Crippen LogP contribution in [0.2, 0.25) is 0 Å². The third-order valence-electron chi connectivity index (χ3n) is 5.29. The summed E-state index contributed by atoms with van der Waals surface area (Å²) in [7, 11) is 0. The molecule has 1 heterocycles. The van der Waals surface area contributed by atoms with E-state index in [9.17, 15) is 14.4 Å². The Morgan fingerprint density at radius 2 is 1.60 bits per heavy atom. The highest BCUT2D eigenvalue weighted by Crippen LogP contribution is 2.34. The molecule has 0 saturated heterocycles. The van der Waals surface area contributed by atoms with Crippen LogP contribution in [0.3, 0.4) is 0 Å². The van der Waals surface area contributed by atoms with Crippen molar-refractivity contribution in [2.24, 2.45) is 0 Å². The average molecular weight is 502 g/mol. The number of urea groups is 1. The van der Waals surface area contributed by atoms with Crippen molar-refractivity contribution in [3.05, 3.63) is 51.9 Å². The number of nitrogens with one attached hydrogen (secondary N) is 3. The fraction of sp³-hybridized carbons (Fsp3) is 0.519. The normalized spacial score (nSPS) is 11.1. The minimum atomic E-state index is -0.710. The van der Waals surface area contributed by atoms with E-state index in [1.54, 1.807) is 27.7 Å². The highest BCUT2D eigenvalue weighted by molar-refractivity contribution is 7.18. The van der Waals surface area contributed by atoms with Crippen LogP contribution in [-0.4, -0.2) is 30.1 Å². The molecule has 192 valence electrons. The third kappa shape index (κ3) is 9.72. The molecule has 0 aliphatic rings. The van der Waals surface area contributed by atoms with Gasteiger partial charge in [-0.25, -0.2) is 9.59 Å². The highest BCUT2D eigenvalue weighted by atomic mass is 32.1. The summed E-state index contributed by atoms with van der Waals surface area (Å²) in [6, 6.07) is 9.18. The molecule has 0 fully saturated rings. The molecule has 0 bridgehead atoms. The molecule has 3 N–H and O–H groups in total. The first-order chi connectivity index (χ1) is 16.6. The number of unbranched alkanes of at least 4 members (excludes halogenated alkanes) is 5. The van der Waals surface area contributed by atoms with E-state index < -0.39 is 17.6 Å². The number of hydrogen-bond donors (Lipinski definition) is 3. The maximum absolute atomic E-state index is 13.0. The number of hydrogen-bond acceptors (Lipinski definition) is 5. The maximum atomic E-state index is 13.0. The van der Waals surface area contributed by atoms with Crippen LogP contribution in [0.4, 0.5) is 9.80 Å². The molecule has 0 aliphatic heterocycles. The van der Waals surface area contributed by atoms with Crippen LogP contribution in [0.5, 0.6) is 0 Å². The minimum absolute atomic E-state index is 0.213. The van der Waals surface area contributed by atoms with E-state index in [0.717, 1.165) is 36.2 Å². The largest absolute Gasteiger partial charge is 0.456 e. The molecule has 0 radical (unpaired) electrons. The van der Waals surface area contributed by atoms with E-state index in [4.69, 9.17) is 4.74 Å². The Labute approximate surface area is 213 Å². The summed E-state index contributed by atoms with van der Waals surface area (Å²) >= 11 is 1.08. The topological polar surface area (TPSA) is 96.5 Å². The predicted molar refractivity (Wildman–Crippen MR) is 142 cm³/mol. The quantitative estimate of drug-likeness (QED) is 0.231.